The maximum absolute atomic E-state index is 12.7. The Morgan fingerprint density at radius 1 is 1.31 bits per heavy atom. The van der Waals surface area contributed by atoms with Crippen molar-refractivity contribution in [2.75, 3.05) is 36.5 Å². The van der Waals surface area contributed by atoms with Gasteiger partial charge in [0.05, 0.1) is 6.10 Å². The van der Waals surface area contributed by atoms with Gasteiger partial charge in [0, 0.05) is 42.4 Å². The zero-order chi connectivity index (χ0) is 17.8. The summed E-state index contributed by atoms with van der Waals surface area (Å²) in [4.78, 5) is 27.0. The Morgan fingerprint density at radius 2 is 2.04 bits per heavy atom. The van der Waals surface area contributed by atoms with E-state index in [2.05, 4.69) is 5.32 Å². The van der Waals surface area contributed by atoms with E-state index in [9.17, 15) is 9.59 Å². The summed E-state index contributed by atoms with van der Waals surface area (Å²) in [5.74, 6) is 1.81. The molecule has 0 radical (unpaired) electrons. The summed E-state index contributed by atoms with van der Waals surface area (Å²) in [6.45, 7) is 3.89. The molecule has 1 aromatic carbocycles. The highest BCUT2D eigenvalue weighted by Gasteiger charge is 2.30. The second kappa shape index (κ2) is 9.60. The minimum Gasteiger partial charge on any atom is -0.364 e. The van der Waals surface area contributed by atoms with Crippen LogP contribution in [0, 0.1) is 6.92 Å². The molecule has 3 N–H and O–H groups in total. The number of anilines is 1. The number of ether oxygens (including phenoxy) is 1. The molecule has 2 amide bonds. The molecule has 0 aromatic heterocycles. The maximum Gasteiger partial charge on any atom is 0.253 e. The lowest BCUT2D eigenvalue weighted by Gasteiger charge is -2.26. The summed E-state index contributed by atoms with van der Waals surface area (Å²) >= 11 is 1.87. The standard InChI is InChI=1S/C18H25N3O3S.ClH/c1-12-2-3-13(18(23)21-6-8-25-9-7-21)10-15(12)20-17(22)16-5-4-14(11-19)24-16;/h2-3,10,14,16H,4-9,11,19H2,1H3,(H,20,22);1H/t14-,16+;/m1./s1. The van der Waals surface area contributed by atoms with Crippen molar-refractivity contribution in [2.24, 2.45) is 5.73 Å². The van der Waals surface area contributed by atoms with Gasteiger partial charge in [0.2, 0.25) is 0 Å². The van der Waals surface area contributed by atoms with Crippen LogP contribution >= 0.6 is 24.2 Å². The van der Waals surface area contributed by atoms with E-state index in [4.69, 9.17) is 10.5 Å². The number of nitrogens with one attached hydrogen (secondary N) is 1. The first-order valence-electron chi connectivity index (χ1n) is 8.72. The number of rotatable bonds is 4. The Balaban J connectivity index is 0.00000243. The molecule has 0 saturated carbocycles. The Kier molecular flexibility index (Phi) is 7.76. The van der Waals surface area contributed by atoms with Gasteiger partial charge in [-0.3, -0.25) is 9.59 Å². The van der Waals surface area contributed by atoms with Gasteiger partial charge in [0.1, 0.15) is 6.10 Å². The smallest absolute Gasteiger partial charge is 0.253 e. The molecule has 6 nitrogen and oxygen atoms in total. The third-order valence-corrected chi connectivity index (χ3v) is 5.65. The predicted molar refractivity (Wildman–Crippen MR) is 107 cm³/mol. The third-order valence-electron chi connectivity index (χ3n) is 4.70. The summed E-state index contributed by atoms with van der Waals surface area (Å²) in [5.41, 5.74) is 7.80. The van der Waals surface area contributed by atoms with Gasteiger partial charge >= 0.3 is 0 Å². The van der Waals surface area contributed by atoms with Crippen molar-refractivity contribution in [3.63, 3.8) is 0 Å². The Morgan fingerprint density at radius 3 is 2.69 bits per heavy atom. The normalized spacial score (nSPS) is 22.6. The molecule has 2 atom stereocenters. The fourth-order valence-corrected chi connectivity index (χ4v) is 4.03. The topological polar surface area (TPSA) is 84.7 Å². The molecule has 2 heterocycles. The van der Waals surface area contributed by atoms with Gasteiger partial charge in [-0.25, -0.2) is 0 Å². The molecule has 2 aliphatic rings. The Bertz CT molecular complexity index is 653. The minimum atomic E-state index is -0.466. The highest BCUT2D eigenvalue weighted by Crippen LogP contribution is 2.23. The predicted octanol–water partition coefficient (Wildman–Crippen LogP) is 2.05. The molecular formula is C18H26ClN3O3S. The van der Waals surface area contributed by atoms with Crippen LogP contribution in [0.5, 0.6) is 0 Å². The van der Waals surface area contributed by atoms with Crippen molar-refractivity contribution in [2.45, 2.75) is 32.0 Å². The highest BCUT2D eigenvalue weighted by molar-refractivity contribution is 7.99. The lowest BCUT2D eigenvalue weighted by atomic mass is 10.1. The van der Waals surface area contributed by atoms with Crippen LogP contribution in [0.3, 0.4) is 0 Å². The monoisotopic (exact) mass is 399 g/mol. The first kappa shape index (κ1) is 21.0. The van der Waals surface area contributed by atoms with Gasteiger partial charge in [-0.2, -0.15) is 11.8 Å². The van der Waals surface area contributed by atoms with Crippen LogP contribution in [0.1, 0.15) is 28.8 Å². The molecule has 144 valence electrons. The van der Waals surface area contributed by atoms with E-state index in [1.165, 1.54) is 0 Å². The lowest BCUT2D eigenvalue weighted by molar-refractivity contribution is -0.126. The van der Waals surface area contributed by atoms with Crippen LogP contribution in [-0.2, 0) is 9.53 Å². The second-order valence-corrected chi connectivity index (χ2v) is 7.71. The van der Waals surface area contributed by atoms with E-state index in [0.29, 0.717) is 24.2 Å². The molecule has 0 aliphatic carbocycles. The number of hydrogen-bond acceptors (Lipinski definition) is 5. The summed E-state index contributed by atoms with van der Waals surface area (Å²) < 4.78 is 5.64. The molecule has 26 heavy (non-hydrogen) atoms. The Labute approximate surface area is 164 Å². The van der Waals surface area contributed by atoms with Gasteiger partial charge in [-0.15, -0.1) is 12.4 Å². The van der Waals surface area contributed by atoms with E-state index < -0.39 is 6.10 Å². The van der Waals surface area contributed by atoms with Gasteiger partial charge in [-0.1, -0.05) is 6.07 Å². The summed E-state index contributed by atoms with van der Waals surface area (Å²) in [6.07, 6.45) is 0.976. The molecule has 0 spiro atoms. The average Bonchev–Trinajstić information content (AvgIpc) is 3.13. The van der Waals surface area contributed by atoms with Crippen molar-refractivity contribution in [3.8, 4) is 0 Å². The molecule has 0 unspecified atom stereocenters. The zero-order valence-corrected chi connectivity index (χ0v) is 16.5. The second-order valence-electron chi connectivity index (χ2n) is 6.48. The molecule has 3 rings (SSSR count). The molecule has 1 aromatic rings. The number of halogens is 1. The summed E-state index contributed by atoms with van der Waals surface area (Å²) in [6, 6.07) is 5.47. The number of nitrogens with zero attached hydrogens (tertiary/aromatic N) is 1. The van der Waals surface area contributed by atoms with Crippen LogP contribution < -0.4 is 11.1 Å². The number of carbonyl (C=O) groups is 2. The fraction of sp³-hybridized carbons (Fsp3) is 0.556. The van der Waals surface area contributed by atoms with E-state index in [1.54, 1.807) is 6.07 Å². The van der Waals surface area contributed by atoms with Crippen molar-refractivity contribution in [1.82, 2.24) is 4.90 Å². The zero-order valence-electron chi connectivity index (χ0n) is 14.9. The number of thioether (sulfide) groups is 1. The largest absolute Gasteiger partial charge is 0.364 e. The molecule has 0 bridgehead atoms. The lowest BCUT2D eigenvalue weighted by Crippen LogP contribution is -2.38. The number of aryl methyl sites for hydroxylation is 1. The molecular weight excluding hydrogens is 374 g/mol. The molecule has 8 heteroatoms. The quantitative estimate of drug-likeness (QED) is 0.809. The molecule has 2 aliphatic heterocycles. The number of benzene rings is 1. The maximum atomic E-state index is 12.7. The van der Waals surface area contributed by atoms with Crippen LogP contribution in [0.4, 0.5) is 5.69 Å². The van der Waals surface area contributed by atoms with Crippen molar-refractivity contribution in [3.05, 3.63) is 29.3 Å². The third kappa shape index (κ3) is 4.91. The van der Waals surface area contributed by atoms with Crippen LogP contribution in [0.25, 0.3) is 0 Å². The van der Waals surface area contributed by atoms with E-state index in [-0.39, 0.29) is 30.3 Å². The van der Waals surface area contributed by atoms with Gasteiger partial charge in [-0.05, 0) is 37.5 Å². The van der Waals surface area contributed by atoms with Crippen molar-refractivity contribution < 1.29 is 14.3 Å². The number of amides is 2. The van der Waals surface area contributed by atoms with Gasteiger partial charge in [0.25, 0.3) is 11.8 Å². The number of carbonyl (C=O) groups excluding carboxylic acids is 2. The van der Waals surface area contributed by atoms with Crippen LogP contribution in [-0.4, -0.2) is 60.1 Å². The van der Waals surface area contributed by atoms with Crippen LogP contribution in [0.2, 0.25) is 0 Å². The molecule has 2 fully saturated rings. The van der Waals surface area contributed by atoms with Gasteiger partial charge in [0.15, 0.2) is 0 Å². The number of nitrogens with two attached hydrogens (primary N) is 1. The van der Waals surface area contributed by atoms with Crippen LogP contribution in [0.15, 0.2) is 18.2 Å². The fourth-order valence-electron chi connectivity index (χ4n) is 3.12. The van der Waals surface area contributed by atoms with Crippen molar-refractivity contribution >= 4 is 41.7 Å². The van der Waals surface area contributed by atoms with E-state index in [1.807, 2.05) is 35.7 Å². The first-order chi connectivity index (χ1) is 12.1. The van der Waals surface area contributed by atoms with E-state index >= 15 is 0 Å². The summed E-state index contributed by atoms with van der Waals surface area (Å²) in [7, 11) is 0. The SMILES string of the molecule is Cc1ccc(C(=O)N2CCSCC2)cc1NC(=O)[C@@H]1CC[C@H](CN)O1.Cl. The minimum absolute atomic E-state index is 0. The molecule has 2 saturated heterocycles. The highest BCUT2D eigenvalue weighted by atomic mass is 35.5. The Hall–Kier alpha value is -1.28. The summed E-state index contributed by atoms with van der Waals surface area (Å²) in [5, 5.41) is 2.92. The van der Waals surface area contributed by atoms with E-state index in [0.717, 1.165) is 36.6 Å². The van der Waals surface area contributed by atoms with Gasteiger partial charge < -0.3 is 20.7 Å². The first-order valence-corrected chi connectivity index (χ1v) is 9.88. The average molecular weight is 400 g/mol. The van der Waals surface area contributed by atoms with Crippen molar-refractivity contribution in [1.29, 1.82) is 0 Å². The number of hydrogen-bond donors (Lipinski definition) is 2.